The predicted octanol–water partition coefficient (Wildman–Crippen LogP) is 4.20. The fraction of sp³-hybridized carbons (Fsp3) is 0.500. The van der Waals surface area contributed by atoms with Gasteiger partial charge in [-0.25, -0.2) is 17.6 Å². The lowest BCUT2D eigenvalue weighted by Gasteiger charge is -2.30. The van der Waals surface area contributed by atoms with E-state index in [-0.39, 0.29) is 17.2 Å². The highest BCUT2D eigenvalue weighted by atomic mass is 19.3. The molecule has 0 spiro atoms. The van der Waals surface area contributed by atoms with E-state index in [0.29, 0.717) is 49.5 Å². The molecule has 2 unspecified atom stereocenters. The van der Waals surface area contributed by atoms with Gasteiger partial charge in [0, 0.05) is 37.8 Å². The van der Waals surface area contributed by atoms with Gasteiger partial charge in [-0.15, -0.1) is 0 Å². The lowest BCUT2D eigenvalue weighted by atomic mass is 10.0. The first-order chi connectivity index (χ1) is 17.2. The molecule has 36 heavy (non-hydrogen) atoms. The molecule has 2 heterocycles. The number of piperidine rings is 1. The molecule has 6 nitrogen and oxygen atoms in total. The Kier molecular flexibility index (Phi) is 6.82. The van der Waals surface area contributed by atoms with Crippen molar-refractivity contribution in [3.8, 4) is 0 Å². The Morgan fingerprint density at radius 1 is 1.08 bits per heavy atom. The molecule has 3 atom stereocenters. The van der Waals surface area contributed by atoms with Crippen LogP contribution in [0.1, 0.15) is 40.9 Å². The number of hydrogen-bond acceptors (Lipinski definition) is 5. The van der Waals surface area contributed by atoms with E-state index in [9.17, 15) is 18.0 Å². The smallest absolute Gasteiger partial charge is 0.266 e. The number of likely N-dealkylation sites (tertiary alicyclic amines) is 1. The third kappa shape index (κ3) is 4.76. The summed E-state index contributed by atoms with van der Waals surface area (Å²) in [5, 5.41) is 6.09. The number of morpholine rings is 1. The van der Waals surface area contributed by atoms with E-state index in [4.69, 9.17) is 4.74 Å². The van der Waals surface area contributed by atoms with Crippen LogP contribution in [0.5, 0.6) is 0 Å². The molecule has 1 aliphatic carbocycles. The number of fused-ring (bicyclic) bond motifs is 1. The number of ether oxygens (including phenoxy) is 1. The average molecular weight is 507 g/mol. The monoisotopic (exact) mass is 506 g/mol. The molecule has 1 amide bonds. The second kappa shape index (κ2) is 9.89. The Morgan fingerprint density at radius 2 is 1.75 bits per heavy atom. The first kappa shape index (κ1) is 24.8. The summed E-state index contributed by atoms with van der Waals surface area (Å²) in [6.45, 7) is 5.31. The third-order valence-corrected chi connectivity index (χ3v) is 7.49. The molecule has 0 aromatic heterocycles. The molecule has 2 aromatic rings. The van der Waals surface area contributed by atoms with Gasteiger partial charge in [0.25, 0.3) is 12.3 Å². The van der Waals surface area contributed by atoms with Gasteiger partial charge < -0.3 is 25.2 Å². The first-order valence-corrected chi connectivity index (χ1v) is 12.2. The van der Waals surface area contributed by atoms with Crippen LogP contribution in [0.2, 0.25) is 0 Å². The summed E-state index contributed by atoms with van der Waals surface area (Å²) in [5.41, 5.74) is 0.151. The van der Waals surface area contributed by atoms with Crippen molar-refractivity contribution >= 4 is 17.3 Å². The Labute approximate surface area is 207 Å². The van der Waals surface area contributed by atoms with E-state index in [1.807, 2.05) is 4.90 Å². The van der Waals surface area contributed by atoms with Crippen molar-refractivity contribution in [3.63, 3.8) is 0 Å². The number of amides is 1. The average Bonchev–Trinajstić information content (AvgIpc) is 3.29. The Bertz CT molecular complexity index is 1130. The summed E-state index contributed by atoms with van der Waals surface area (Å²) in [7, 11) is 2.06. The van der Waals surface area contributed by atoms with Crippen LogP contribution in [0.3, 0.4) is 0 Å². The first-order valence-electron chi connectivity index (χ1n) is 12.2. The molecular weight excluding hydrogens is 476 g/mol. The number of carbonyl (C=O) groups excluding carboxylic acids is 1. The van der Waals surface area contributed by atoms with Crippen LogP contribution in [-0.2, 0) is 4.74 Å². The van der Waals surface area contributed by atoms with E-state index in [0.717, 1.165) is 19.2 Å². The lowest BCUT2D eigenvalue weighted by Crippen LogP contribution is -2.37. The Balaban J connectivity index is 1.42. The van der Waals surface area contributed by atoms with Crippen molar-refractivity contribution in [3.05, 3.63) is 58.7 Å². The van der Waals surface area contributed by atoms with Gasteiger partial charge >= 0.3 is 0 Å². The summed E-state index contributed by atoms with van der Waals surface area (Å²) in [5.74, 6) is -1.13. The highest BCUT2D eigenvalue weighted by molar-refractivity contribution is 6.01. The van der Waals surface area contributed by atoms with E-state index < -0.39 is 35.6 Å². The van der Waals surface area contributed by atoms with Gasteiger partial charge in [-0.2, -0.15) is 0 Å². The maximum absolute atomic E-state index is 15.2. The Hall–Kier alpha value is -2.85. The minimum absolute atomic E-state index is 0.0362. The standard InChI is InChI=1S/C26H30F4N4O2/c1-14(15-4-3-5-16(23(15)28)25(29)30)31-26(35)17-10-22(34-6-8-36-9-7-34)20(27)11-21(17)32-24-18-12-33(2)13-19(18)24/h3-5,10-11,14,18-19,24-25,32H,6-9,12-13H2,1-2H3,(H,31,35)/t14-,18?,19?,24?/m1/s1. The van der Waals surface area contributed by atoms with Crippen molar-refractivity contribution in [2.45, 2.75) is 25.4 Å². The second-order valence-electron chi connectivity index (χ2n) is 9.91. The maximum Gasteiger partial charge on any atom is 0.266 e. The minimum Gasteiger partial charge on any atom is -0.381 e. The number of rotatable bonds is 7. The molecule has 1 saturated carbocycles. The van der Waals surface area contributed by atoms with Crippen LogP contribution in [0, 0.1) is 23.5 Å². The fourth-order valence-electron chi connectivity index (χ4n) is 5.47. The van der Waals surface area contributed by atoms with Gasteiger partial charge in [0.1, 0.15) is 11.6 Å². The number of hydrogen-bond donors (Lipinski definition) is 2. The molecule has 194 valence electrons. The molecule has 3 aliphatic rings. The van der Waals surface area contributed by atoms with Crippen LogP contribution >= 0.6 is 0 Å². The van der Waals surface area contributed by atoms with Crippen molar-refractivity contribution < 1.29 is 27.1 Å². The number of alkyl halides is 2. The molecule has 2 aromatic carbocycles. The number of anilines is 2. The summed E-state index contributed by atoms with van der Waals surface area (Å²) in [6.07, 6.45) is -2.96. The molecule has 10 heteroatoms. The van der Waals surface area contributed by atoms with Crippen LogP contribution in [0.25, 0.3) is 0 Å². The van der Waals surface area contributed by atoms with E-state index in [2.05, 4.69) is 22.6 Å². The fourth-order valence-corrected chi connectivity index (χ4v) is 5.47. The maximum atomic E-state index is 15.2. The number of nitrogens with one attached hydrogen (secondary N) is 2. The number of halogens is 4. The van der Waals surface area contributed by atoms with Crippen LogP contribution in [-0.4, -0.2) is 63.3 Å². The molecule has 3 fully saturated rings. The molecule has 2 N–H and O–H groups in total. The molecule has 2 aliphatic heterocycles. The third-order valence-electron chi connectivity index (χ3n) is 7.49. The van der Waals surface area contributed by atoms with Crippen molar-refractivity contribution in [1.29, 1.82) is 0 Å². The van der Waals surface area contributed by atoms with E-state index >= 15 is 4.39 Å². The van der Waals surface area contributed by atoms with Crippen molar-refractivity contribution in [2.75, 3.05) is 56.7 Å². The van der Waals surface area contributed by atoms with Crippen molar-refractivity contribution in [2.24, 2.45) is 11.8 Å². The van der Waals surface area contributed by atoms with Crippen LogP contribution < -0.4 is 15.5 Å². The lowest BCUT2D eigenvalue weighted by molar-refractivity contribution is 0.0940. The summed E-state index contributed by atoms with van der Waals surface area (Å²) in [6, 6.07) is 5.87. The molecule has 2 saturated heterocycles. The molecule has 0 radical (unpaired) electrons. The largest absolute Gasteiger partial charge is 0.381 e. The zero-order chi connectivity index (χ0) is 25.6. The number of nitrogens with zero attached hydrogens (tertiary/aromatic N) is 2. The van der Waals surface area contributed by atoms with Gasteiger partial charge in [-0.05, 0) is 37.9 Å². The van der Waals surface area contributed by atoms with Gasteiger partial charge in [0.2, 0.25) is 0 Å². The molecule has 5 rings (SSSR count). The zero-order valence-electron chi connectivity index (χ0n) is 20.2. The SMILES string of the molecule is C[C@@H](NC(=O)c1cc(N2CCOCC2)c(F)cc1NC1C2CN(C)CC21)c1cccc(C(F)F)c1F. The zero-order valence-corrected chi connectivity index (χ0v) is 20.2. The minimum atomic E-state index is -2.96. The van der Waals surface area contributed by atoms with Gasteiger partial charge in [-0.3, -0.25) is 4.79 Å². The van der Waals surface area contributed by atoms with Gasteiger partial charge in [0.05, 0.1) is 41.8 Å². The highest BCUT2D eigenvalue weighted by Gasteiger charge is 2.55. The number of carbonyl (C=O) groups is 1. The normalized spacial score (nSPS) is 24.5. The topological polar surface area (TPSA) is 56.8 Å². The summed E-state index contributed by atoms with van der Waals surface area (Å²) >= 11 is 0. The van der Waals surface area contributed by atoms with Crippen LogP contribution in [0.15, 0.2) is 30.3 Å². The molecular formula is C26H30F4N4O2. The van der Waals surface area contributed by atoms with Gasteiger partial charge in [-0.1, -0.05) is 18.2 Å². The Morgan fingerprint density at radius 3 is 2.42 bits per heavy atom. The quantitative estimate of drug-likeness (QED) is 0.552. The van der Waals surface area contributed by atoms with E-state index in [1.54, 1.807) is 0 Å². The van der Waals surface area contributed by atoms with Gasteiger partial charge in [0.15, 0.2) is 0 Å². The highest BCUT2D eigenvalue weighted by Crippen LogP contribution is 2.47. The summed E-state index contributed by atoms with van der Waals surface area (Å²) < 4.78 is 61.6. The second-order valence-corrected chi connectivity index (χ2v) is 9.91. The summed E-state index contributed by atoms with van der Waals surface area (Å²) in [4.78, 5) is 17.5. The predicted molar refractivity (Wildman–Crippen MR) is 129 cm³/mol. The number of benzene rings is 2. The van der Waals surface area contributed by atoms with Crippen molar-refractivity contribution in [1.82, 2.24) is 10.2 Å². The molecule has 0 bridgehead atoms. The van der Waals surface area contributed by atoms with Crippen LogP contribution in [0.4, 0.5) is 28.9 Å². The van der Waals surface area contributed by atoms with E-state index in [1.165, 1.54) is 31.2 Å².